The van der Waals surface area contributed by atoms with E-state index in [1.54, 1.807) is 12.3 Å². The fraction of sp³-hybridized carbons (Fsp3) is 0.138. The Labute approximate surface area is 230 Å². The van der Waals surface area contributed by atoms with Gasteiger partial charge in [0.1, 0.15) is 5.82 Å². The molecule has 40 heavy (non-hydrogen) atoms. The lowest BCUT2D eigenvalue weighted by molar-refractivity contribution is 0.586. The van der Waals surface area contributed by atoms with E-state index in [1.807, 2.05) is 61.7 Å². The number of rotatable bonds is 7. The highest BCUT2D eigenvalue weighted by Gasteiger charge is 2.16. The van der Waals surface area contributed by atoms with Crippen molar-refractivity contribution in [3.05, 3.63) is 84.6 Å². The number of nitrogens with zero attached hydrogens (tertiary/aromatic N) is 4. The summed E-state index contributed by atoms with van der Waals surface area (Å²) in [6, 6.07) is 16.4. The molecule has 0 amide bonds. The number of aromatic nitrogens is 5. The third-order valence-corrected chi connectivity index (χ3v) is 7.39. The van der Waals surface area contributed by atoms with Crippen LogP contribution in [0.25, 0.3) is 55.6 Å². The zero-order valence-corrected chi connectivity index (χ0v) is 22.8. The van der Waals surface area contributed by atoms with Gasteiger partial charge in [-0.15, -0.1) is 0 Å². The van der Waals surface area contributed by atoms with Crippen LogP contribution in [-0.2, 0) is 16.6 Å². The van der Waals surface area contributed by atoms with E-state index in [0.29, 0.717) is 16.8 Å². The van der Waals surface area contributed by atoms with Gasteiger partial charge in [-0.3, -0.25) is 10.1 Å². The molecule has 202 valence electrons. The SMILES string of the molecule is CN(C)c1cncc(-c2cnc3n[nH]c(-c4cc5c(-c6cc(F)cc(CNS(C)(=O)=O)c6)cccc5[nH]4)c3c2)c1. The van der Waals surface area contributed by atoms with Gasteiger partial charge >= 0.3 is 0 Å². The second-order valence-corrected chi connectivity index (χ2v) is 11.7. The van der Waals surface area contributed by atoms with E-state index >= 15 is 0 Å². The van der Waals surface area contributed by atoms with Crippen LogP contribution in [0.5, 0.6) is 0 Å². The lowest BCUT2D eigenvalue weighted by Gasteiger charge is -2.12. The topological polar surface area (TPSA) is 120 Å². The van der Waals surface area contributed by atoms with Gasteiger partial charge in [0.25, 0.3) is 0 Å². The first-order valence-corrected chi connectivity index (χ1v) is 14.4. The van der Waals surface area contributed by atoms with Crippen molar-refractivity contribution in [2.45, 2.75) is 6.54 Å². The van der Waals surface area contributed by atoms with Gasteiger partial charge < -0.3 is 9.88 Å². The fourth-order valence-corrected chi connectivity index (χ4v) is 5.19. The molecular weight excluding hydrogens is 529 g/mol. The maximum Gasteiger partial charge on any atom is 0.209 e. The number of sulfonamides is 1. The van der Waals surface area contributed by atoms with Gasteiger partial charge in [0.15, 0.2) is 5.65 Å². The van der Waals surface area contributed by atoms with Crippen LogP contribution in [0, 0.1) is 5.82 Å². The molecule has 6 rings (SSSR count). The van der Waals surface area contributed by atoms with Gasteiger partial charge in [-0.2, -0.15) is 5.10 Å². The molecule has 0 atom stereocenters. The van der Waals surface area contributed by atoms with E-state index in [2.05, 4.69) is 35.9 Å². The summed E-state index contributed by atoms with van der Waals surface area (Å²) < 4.78 is 40.1. The van der Waals surface area contributed by atoms with Crippen LogP contribution in [0.1, 0.15) is 5.56 Å². The van der Waals surface area contributed by atoms with Crippen molar-refractivity contribution in [2.75, 3.05) is 25.3 Å². The molecule has 0 unspecified atom stereocenters. The summed E-state index contributed by atoms with van der Waals surface area (Å²) >= 11 is 0. The molecule has 0 fully saturated rings. The molecular formula is C29H26FN7O2S. The molecule has 9 nitrogen and oxygen atoms in total. The lowest BCUT2D eigenvalue weighted by Crippen LogP contribution is -2.21. The Hall–Kier alpha value is -4.61. The molecule has 0 saturated heterocycles. The van der Waals surface area contributed by atoms with E-state index in [1.165, 1.54) is 12.1 Å². The first-order chi connectivity index (χ1) is 19.1. The zero-order chi connectivity index (χ0) is 28.0. The van der Waals surface area contributed by atoms with E-state index < -0.39 is 15.8 Å². The number of aromatic amines is 2. The quantitative estimate of drug-likeness (QED) is 0.253. The normalized spacial score (nSPS) is 11.9. The molecule has 0 aliphatic rings. The molecule has 0 spiro atoms. The molecule has 0 aliphatic heterocycles. The molecule has 0 bridgehead atoms. The monoisotopic (exact) mass is 555 g/mol. The average Bonchev–Trinajstić information content (AvgIpc) is 3.55. The fourth-order valence-electron chi connectivity index (χ4n) is 4.76. The average molecular weight is 556 g/mol. The van der Waals surface area contributed by atoms with Crippen molar-refractivity contribution < 1.29 is 12.8 Å². The maximum atomic E-state index is 14.6. The number of halogens is 1. The van der Waals surface area contributed by atoms with Crippen LogP contribution in [0.4, 0.5) is 10.1 Å². The van der Waals surface area contributed by atoms with Crippen LogP contribution in [0.15, 0.2) is 73.2 Å². The van der Waals surface area contributed by atoms with E-state index in [-0.39, 0.29) is 6.54 Å². The van der Waals surface area contributed by atoms with Gasteiger partial charge in [-0.05, 0) is 59.2 Å². The Bertz CT molecular complexity index is 2000. The minimum Gasteiger partial charge on any atom is -0.376 e. The predicted molar refractivity (Wildman–Crippen MR) is 156 cm³/mol. The Morgan fingerprint density at radius 1 is 0.950 bits per heavy atom. The number of hydrogen-bond donors (Lipinski definition) is 3. The molecule has 4 heterocycles. The second kappa shape index (κ2) is 9.85. The zero-order valence-electron chi connectivity index (χ0n) is 22.0. The van der Waals surface area contributed by atoms with Crippen LogP contribution < -0.4 is 9.62 Å². The van der Waals surface area contributed by atoms with Crippen molar-refractivity contribution in [1.82, 2.24) is 29.9 Å². The summed E-state index contributed by atoms with van der Waals surface area (Å²) in [5, 5.41) is 9.26. The van der Waals surface area contributed by atoms with Gasteiger partial charge in [0.05, 0.1) is 29.5 Å². The number of fused-ring (bicyclic) bond motifs is 2. The summed E-state index contributed by atoms with van der Waals surface area (Å²) in [4.78, 5) is 14.4. The Morgan fingerprint density at radius 3 is 2.58 bits per heavy atom. The second-order valence-electron chi connectivity index (χ2n) is 9.91. The maximum absolute atomic E-state index is 14.6. The molecule has 11 heteroatoms. The van der Waals surface area contributed by atoms with Gasteiger partial charge in [0.2, 0.25) is 10.0 Å². The standard InChI is InChI=1S/C29H26FN7O2S/c1-37(2)22-10-19(14-31-16-22)20-11-25-28(35-36-29(25)32-15-20)27-12-24-23(5-4-6-26(24)34-27)18-7-17(8-21(30)9-18)13-33-40(3,38)39/h4-12,14-16,33-34H,13H2,1-3H3,(H,32,35,36). The highest BCUT2D eigenvalue weighted by molar-refractivity contribution is 7.88. The molecule has 3 N–H and O–H groups in total. The Balaban J connectivity index is 1.42. The largest absolute Gasteiger partial charge is 0.376 e. The Morgan fingerprint density at radius 2 is 1.77 bits per heavy atom. The summed E-state index contributed by atoms with van der Waals surface area (Å²) in [5.41, 5.74) is 7.87. The van der Waals surface area contributed by atoms with Crippen molar-refractivity contribution >= 4 is 37.6 Å². The molecule has 6 aromatic rings. The minimum absolute atomic E-state index is 0.000392. The van der Waals surface area contributed by atoms with E-state index in [9.17, 15) is 12.8 Å². The van der Waals surface area contributed by atoms with Gasteiger partial charge in [0, 0.05) is 60.4 Å². The number of pyridine rings is 2. The van der Waals surface area contributed by atoms with E-state index in [0.717, 1.165) is 56.3 Å². The predicted octanol–water partition coefficient (Wildman–Crippen LogP) is 5.09. The number of nitrogens with one attached hydrogen (secondary N) is 3. The highest BCUT2D eigenvalue weighted by Crippen LogP contribution is 2.35. The summed E-state index contributed by atoms with van der Waals surface area (Å²) in [7, 11) is 0.528. The van der Waals surface area contributed by atoms with Gasteiger partial charge in [-0.1, -0.05) is 12.1 Å². The molecule has 0 aliphatic carbocycles. The minimum atomic E-state index is -3.41. The first-order valence-electron chi connectivity index (χ1n) is 12.5. The third-order valence-electron chi connectivity index (χ3n) is 6.72. The number of hydrogen-bond acceptors (Lipinski definition) is 6. The summed E-state index contributed by atoms with van der Waals surface area (Å²) in [6.07, 6.45) is 6.48. The summed E-state index contributed by atoms with van der Waals surface area (Å²) in [5.74, 6) is -0.443. The lowest BCUT2D eigenvalue weighted by atomic mass is 9.99. The third kappa shape index (κ3) is 5.04. The van der Waals surface area contributed by atoms with Crippen molar-refractivity contribution in [1.29, 1.82) is 0 Å². The van der Waals surface area contributed by atoms with Crippen LogP contribution >= 0.6 is 0 Å². The molecule has 0 saturated carbocycles. The molecule has 4 aromatic heterocycles. The van der Waals surface area contributed by atoms with Gasteiger partial charge in [-0.25, -0.2) is 22.5 Å². The van der Waals surface area contributed by atoms with Crippen molar-refractivity contribution in [2.24, 2.45) is 0 Å². The smallest absolute Gasteiger partial charge is 0.209 e. The summed E-state index contributed by atoms with van der Waals surface area (Å²) in [6.45, 7) is 0.000392. The first kappa shape index (κ1) is 25.7. The van der Waals surface area contributed by atoms with E-state index in [4.69, 9.17) is 0 Å². The van der Waals surface area contributed by atoms with Crippen molar-refractivity contribution in [3.63, 3.8) is 0 Å². The molecule has 2 aromatic carbocycles. The number of H-pyrrole nitrogens is 2. The highest BCUT2D eigenvalue weighted by atomic mass is 32.2. The molecule has 0 radical (unpaired) electrons. The van der Waals surface area contributed by atoms with Crippen LogP contribution in [0.3, 0.4) is 0 Å². The Kier molecular flexibility index (Phi) is 6.32. The number of anilines is 1. The van der Waals surface area contributed by atoms with Crippen LogP contribution in [0.2, 0.25) is 0 Å². The van der Waals surface area contributed by atoms with Crippen LogP contribution in [-0.4, -0.2) is 53.9 Å². The number of benzene rings is 2. The van der Waals surface area contributed by atoms with Crippen molar-refractivity contribution in [3.8, 4) is 33.6 Å².